The Kier molecular flexibility index (Phi) is 5.81. The Hall–Kier alpha value is -2.38. The summed E-state index contributed by atoms with van der Waals surface area (Å²) in [5.41, 5.74) is 0.337. The maximum atomic E-state index is 12.2. The minimum absolute atomic E-state index is 0.118. The van der Waals surface area contributed by atoms with Gasteiger partial charge in [0.05, 0.1) is 10.5 Å². The third-order valence-corrected chi connectivity index (χ3v) is 4.64. The number of nitrogens with one attached hydrogen (secondary N) is 1. The van der Waals surface area contributed by atoms with Crippen LogP contribution in [0.2, 0.25) is 5.02 Å². The van der Waals surface area contributed by atoms with Crippen molar-refractivity contribution in [1.29, 1.82) is 0 Å². The highest BCUT2D eigenvalue weighted by atomic mass is 35.5. The molecule has 1 amide bonds. The van der Waals surface area contributed by atoms with Gasteiger partial charge >= 0.3 is 5.97 Å². The predicted octanol–water partition coefficient (Wildman–Crippen LogP) is 2.93. The molecule has 8 heteroatoms. The first-order valence-electron chi connectivity index (χ1n) is 7.25. The van der Waals surface area contributed by atoms with Gasteiger partial charge in [-0.15, -0.1) is 0 Å². The van der Waals surface area contributed by atoms with Gasteiger partial charge in [0, 0.05) is 17.0 Å². The number of anilines is 1. The molecule has 1 atom stereocenters. The van der Waals surface area contributed by atoms with Crippen LogP contribution >= 0.6 is 11.6 Å². The molecule has 132 valence electrons. The SMILES string of the molecule is CC(OC(=O)c1ccccc1S(C)(=O)=O)C(=O)Nc1cccc(Cl)c1. The molecule has 0 aromatic heterocycles. The summed E-state index contributed by atoms with van der Waals surface area (Å²) in [6.07, 6.45) is -0.131. The molecular weight excluding hydrogens is 366 g/mol. The normalized spacial score (nSPS) is 12.3. The van der Waals surface area contributed by atoms with Gasteiger partial charge in [-0.25, -0.2) is 13.2 Å². The number of amides is 1. The van der Waals surface area contributed by atoms with E-state index in [1.54, 1.807) is 24.3 Å². The fourth-order valence-corrected chi connectivity index (χ4v) is 3.11. The number of sulfone groups is 1. The number of hydrogen-bond acceptors (Lipinski definition) is 5. The summed E-state index contributed by atoms with van der Waals surface area (Å²) in [5, 5.41) is 3.01. The molecule has 1 unspecified atom stereocenters. The molecule has 0 saturated heterocycles. The Balaban J connectivity index is 2.11. The standard InChI is InChI=1S/C17H16ClNO5S/c1-11(16(20)19-13-7-5-6-12(18)10-13)24-17(21)14-8-3-4-9-15(14)25(2,22)23/h3-11H,1-2H3,(H,19,20). The van der Waals surface area contributed by atoms with Crippen LogP contribution in [0.3, 0.4) is 0 Å². The van der Waals surface area contributed by atoms with Gasteiger partial charge in [-0.3, -0.25) is 4.79 Å². The van der Waals surface area contributed by atoms with Crippen molar-refractivity contribution in [3.05, 3.63) is 59.1 Å². The first kappa shape index (κ1) is 19.0. The van der Waals surface area contributed by atoms with Gasteiger partial charge in [-0.1, -0.05) is 29.8 Å². The Labute approximate surface area is 150 Å². The van der Waals surface area contributed by atoms with E-state index in [0.29, 0.717) is 10.7 Å². The first-order chi connectivity index (χ1) is 11.7. The Bertz CT molecular complexity index is 911. The third-order valence-electron chi connectivity index (χ3n) is 3.25. The molecule has 2 aromatic rings. The van der Waals surface area contributed by atoms with E-state index < -0.39 is 27.8 Å². The summed E-state index contributed by atoms with van der Waals surface area (Å²) in [6, 6.07) is 12.2. The molecule has 0 radical (unpaired) electrons. The highest BCUT2D eigenvalue weighted by Gasteiger charge is 2.23. The highest BCUT2D eigenvalue weighted by Crippen LogP contribution is 2.18. The molecule has 0 aliphatic heterocycles. The van der Waals surface area contributed by atoms with E-state index in [4.69, 9.17) is 16.3 Å². The summed E-state index contributed by atoms with van der Waals surface area (Å²) in [4.78, 5) is 24.2. The maximum Gasteiger partial charge on any atom is 0.340 e. The number of carbonyl (C=O) groups is 2. The van der Waals surface area contributed by atoms with E-state index in [-0.39, 0.29) is 10.5 Å². The van der Waals surface area contributed by atoms with Crippen molar-refractivity contribution in [3.8, 4) is 0 Å². The zero-order chi connectivity index (χ0) is 18.6. The molecule has 2 aromatic carbocycles. The van der Waals surface area contributed by atoms with Crippen molar-refractivity contribution in [1.82, 2.24) is 0 Å². The van der Waals surface area contributed by atoms with Gasteiger partial charge < -0.3 is 10.1 Å². The molecule has 1 N–H and O–H groups in total. The largest absolute Gasteiger partial charge is 0.449 e. The zero-order valence-electron chi connectivity index (χ0n) is 13.5. The molecule has 2 rings (SSSR count). The molecule has 6 nitrogen and oxygen atoms in total. The summed E-state index contributed by atoms with van der Waals surface area (Å²) >= 11 is 5.84. The molecule has 0 fully saturated rings. The summed E-state index contributed by atoms with van der Waals surface area (Å²) < 4.78 is 28.6. The summed E-state index contributed by atoms with van der Waals surface area (Å²) in [7, 11) is -3.60. The second-order valence-corrected chi connectivity index (χ2v) is 7.74. The van der Waals surface area contributed by atoms with Crippen LogP contribution in [0.4, 0.5) is 5.69 Å². The van der Waals surface area contributed by atoms with E-state index in [1.165, 1.54) is 31.2 Å². The van der Waals surface area contributed by atoms with Crippen LogP contribution in [0.5, 0.6) is 0 Å². The third kappa shape index (κ3) is 5.04. The van der Waals surface area contributed by atoms with Crippen LogP contribution in [-0.2, 0) is 19.4 Å². The van der Waals surface area contributed by atoms with Gasteiger partial charge in [0.25, 0.3) is 5.91 Å². The van der Waals surface area contributed by atoms with E-state index >= 15 is 0 Å². The van der Waals surface area contributed by atoms with Crippen molar-refractivity contribution >= 4 is 39.0 Å². The Morgan fingerprint density at radius 2 is 1.80 bits per heavy atom. The lowest BCUT2D eigenvalue weighted by Gasteiger charge is -2.14. The highest BCUT2D eigenvalue weighted by molar-refractivity contribution is 7.90. The molecule has 0 spiro atoms. The Morgan fingerprint density at radius 1 is 1.12 bits per heavy atom. The minimum atomic E-state index is -3.60. The molecule has 0 aliphatic rings. The molecule has 0 heterocycles. The lowest BCUT2D eigenvalue weighted by atomic mass is 10.2. The number of carbonyl (C=O) groups excluding carboxylic acids is 2. The average Bonchev–Trinajstić information content (AvgIpc) is 2.54. The lowest BCUT2D eigenvalue weighted by Crippen LogP contribution is -2.30. The lowest BCUT2D eigenvalue weighted by molar-refractivity contribution is -0.123. The van der Waals surface area contributed by atoms with Crippen molar-refractivity contribution in [2.75, 3.05) is 11.6 Å². The topological polar surface area (TPSA) is 89.5 Å². The van der Waals surface area contributed by atoms with E-state index in [2.05, 4.69) is 5.32 Å². The number of ether oxygens (including phenoxy) is 1. The van der Waals surface area contributed by atoms with Crippen molar-refractivity contribution in [2.24, 2.45) is 0 Å². The van der Waals surface area contributed by atoms with Gasteiger partial charge in [-0.05, 0) is 37.3 Å². The van der Waals surface area contributed by atoms with Crippen LogP contribution in [-0.4, -0.2) is 32.7 Å². The quantitative estimate of drug-likeness (QED) is 0.804. The fourth-order valence-electron chi connectivity index (χ4n) is 2.05. The minimum Gasteiger partial charge on any atom is -0.449 e. The molecule has 0 aliphatic carbocycles. The van der Waals surface area contributed by atoms with Gasteiger partial charge in [0.1, 0.15) is 0 Å². The van der Waals surface area contributed by atoms with Crippen molar-refractivity contribution in [3.63, 3.8) is 0 Å². The number of hydrogen-bond donors (Lipinski definition) is 1. The smallest absolute Gasteiger partial charge is 0.340 e. The zero-order valence-corrected chi connectivity index (χ0v) is 15.1. The second kappa shape index (κ2) is 7.67. The van der Waals surface area contributed by atoms with Gasteiger partial charge in [-0.2, -0.15) is 0 Å². The van der Waals surface area contributed by atoms with Gasteiger partial charge in [0.15, 0.2) is 15.9 Å². The molecule has 25 heavy (non-hydrogen) atoms. The number of esters is 1. The number of benzene rings is 2. The number of rotatable bonds is 5. The van der Waals surface area contributed by atoms with Crippen LogP contribution in [0.1, 0.15) is 17.3 Å². The maximum absolute atomic E-state index is 12.2. The summed E-state index contributed by atoms with van der Waals surface area (Å²) in [6.45, 7) is 1.39. The summed E-state index contributed by atoms with van der Waals surface area (Å²) in [5.74, 6) is -1.46. The van der Waals surface area contributed by atoms with Crippen molar-refractivity contribution in [2.45, 2.75) is 17.9 Å². The van der Waals surface area contributed by atoms with Crippen LogP contribution in [0, 0.1) is 0 Å². The average molecular weight is 382 g/mol. The molecule has 0 bridgehead atoms. The second-order valence-electron chi connectivity index (χ2n) is 5.32. The van der Waals surface area contributed by atoms with E-state index in [1.807, 2.05) is 0 Å². The monoisotopic (exact) mass is 381 g/mol. The van der Waals surface area contributed by atoms with Crippen LogP contribution < -0.4 is 5.32 Å². The fraction of sp³-hybridized carbons (Fsp3) is 0.176. The Morgan fingerprint density at radius 3 is 2.44 bits per heavy atom. The molecular formula is C17H16ClNO5S. The van der Waals surface area contributed by atoms with Crippen LogP contribution in [0.25, 0.3) is 0 Å². The van der Waals surface area contributed by atoms with E-state index in [9.17, 15) is 18.0 Å². The van der Waals surface area contributed by atoms with E-state index in [0.717, 1.165) is 6.26 Å². The van der Waals surface area contributed by atoms with Crippen molar-refractivity contribution < 1.29 is 22.7 Å². The van der Waals surface area contributed by atoms with Crippen LogP contribution in [0.15, 0.2) is 53.4 Å². The van der Waals surface area contributed by atoms with Gasteiger partial charge in [0.2, 0.25) is 0 Å². The molecule has 0 saturated carbocycles. The number of halogens is 1. The predicted molar refractivity (Wildman–Crippen MR) is 94.5 cm³/mol. The first-order valence-corrected chi connectivity index (χ1v) is 9.52.